The van der Waals surface area contributed by atoms with Crippen LogP contribution in [-0.2, 0) is 10.0 Å². The van der Waals surface area contributed by atoms with E-state index in [0.29, 0.717) is 45.0 Å². The van der Waals surface area contributed by atoms with Crippen LogP contribution in [0.15, 0.2) is 23.1 Å². The zero-order valence-corrected chi connectivity index (χ0v) is 18.5. The number of nitrogens with one attached hydrogen (secondary N) is 1. The van der Waals surface area contributed by atoms with Gasteiger partial charge in [0.1, 0.15) is 5.69 Å². The summed E-state index contributed by atoms with van der Waals surface area (Å²) in [5.74, 6) is 0.269. The quantitative estimate of drug-likeness (QED) is 0.541. The van der Waals surface area contributed by atoms with Crippen molar-refractivity contribution in [3.8, 4) is 0 Å². The van der Waals surface area contributed by atoms with E-state index in [0.717, 1.165) is 25.7 Å². The number of nitro groups is 1. The molecule has 0 aliphatic carbocycles. The molecule has 0 bridgehead atoms. The molecule has 1 N–H and O–H groups in total. The zero-order valence-electron chi connectivity index (χ0n) is 17.7. The average molecular weight is 452 g/mol. The lowest BCUT2D eigenvalue weighted by molar-refractivity contribution is -0.384. The molecule has 3 fully saturated rings. The number of sulfonamides is 1. The number of piperidine rings is 2. The van der Waals surface area contributed by atoms with Gasteiger partial charge in [0.05, 0.1) is 15.9 Å². The van der Waals surface area contributed by atoms with Gasteiger partial charge >= 0.3 is 6.03 Å². The van der Waals surface area contributed by atoms with Crippen molar-refractivity contribution in [3.63, 3.8) is 0 Å². The lowest BCUT2D eigenvalue weighted by Crippen LogP contribution is -2.49. The lowest BCUT2D eigenvalue weighted by Gasteiger charge is -2.38. The first-order chi connectivity index (χ1) is 14.8. The summed E-state index contributed by atoms with van der Waals surface area (Å²) in [5.41, 5.74) is 0.193. The number of carbonyl (C=O) groups is 1. The average Bonchev–Trinajstić information content (AvgIpc) is 3.19. The van der Waals surface area contributed by atoms with E-state index in [1.165, 1.54) is 16.4 Å². The predicted octanol–water partition coefficient (Wildman–Crippen LogP) is 2.01. The third kappa shape index (κ3) is 4.33. The molecule has 3 heterocycles. The van der Waals surface area contributed by atoms with Gasteiger partial charge in [0.25, 0.3) is 5.69 Å². The summed E-state index contributed by atoms with van der Waals surface area (Å²) >= 11 is 0. The third-order valence-electron chi connectivity index (χ3n) is 6.47. The van der Waals surface area contributed by atoms with Crippen LogP contribution in [-0.4, -0.2) is 73.9 Å². The molecule has 2 atom stereocenters. The second-order valence-corrected chi connectivity index (χ2v) is 10.6. The number of hydrogen-bond donors (Lipinski definition) is 1. The van der Waals surface area contributed by atoms with E-state index < -0.39 is 14.9 Å². The van der Waals surface area contributed by atoms with Crippen LogP contribution >= 0.6 is 0 Å². The van der Waals surface area contributed by atoms with E-state index in [4.69, 9.17) is 0 Å². The van der Waals surface area contributed by atoms with Gasteiger partial charge in [-0.25, -0.2) is 13.2 Å². The van der Waals surface area contributed by atoms with Crippen LogP contribution < -0.4 is 10.2 Å². The Hall–Kier alpha value is -2.40. The fourth-order valence-corrected chi connectivity index (χ4v) is 6.47. The standard InChI is InChI=1S/C20H29N5O5S/c1-15-4-2-10-23(13-15)31(29,30)17-6-7-18(19(12-17)25(27)28)22-9-3-5-16(14-22)24-11-8-21-20(24)26/h6-7,12,15-16H,2-5,8-11,13-14H2,1H3,(H,21,26)/t15-,16+/m1/s1. The summed E-state index contributed by atoms with van der Waals surface area (Å²) in [7, 11) is -3.78. The third-order valence-corrected chi connectivity index (χ3v) is 8.33. The summed E-state index contributed by atoms with van der Waals surface area (Å²) < 4.78 is 27.6. The van der Waals surface area contributed by atoms with Crippen LogP contribution in [0, 0.1) is 16.0 Å². The molecule has 3 saturated heterocycles. The van der Waals surface area contributed by atoms with E-state index >= 15 is 0 Å². The first kappa shape index (κ1) is 21.8. The summed E-state index contributed by atoms with van der Waals surface area (Å²) in [5, 5.41) is 14.7. The number of urea groups is 1. The van der Waals surface area contributed by atoms with Crippen LogP contribution in [0.3, 0.4) is 0 Å². The summed E-state index contributed by atoms with van der Waals surface area (Å²) in [6, 6.07) is 4.09. The van der Waals surface area contributed by atoms with Crippen molar-refractivity contribution in [1.82, 2.24) is 14.5 Å². The van der Waals surface area contributed by atoms with E-state index in [2.05, 4.69) is 5.32 Å². The molecule has 1 aromatic rings. The maximum absolute atomic E-state index is 13.1. The van der Waals surface area contributed by atoms with Crippen LogP contribution in [0.1, 0.15) is 32.6 Å². The minimum atomic E-state index is -3.78. The molecule has 170 valence electrons. The Morgan fingerprint density at radius 3 is 2.58 bits per heavy atom. The Labute approximate surface area is 182 Å². The van der Waals surface area contributed by atoms with Gasteiger partial charge in [-0.3, -0.25) is 10.1 Å². The smallest absolute Gasteiger partial charge is 0.317 e. The number of nitrogens with zero attached hydrogens (tertiary/aromatic N) is 4. The molecular weight excluding hydrogens is 422 g/mol. The van der Waals surface area contributed by atoms with Gasteiger partial charge in [0, 0.05) is 45.3 Å². The fraction of sp³-hybridized carbons (Fsp3) is 0.650. The van der Waals surface area contributed by atoms with E-state index in [1.54, 1.807) is 11.0 Å². The number of amides is 2. The zero-order chi connectivity index (χ0) is 22.2. The fourth-order valence-electron chi connectivity index (χ4n) is 4.85. The Morgan fingerprint density at radius 2 is 1.90 bits per heavy atom. The second kappa shape index (κ2) is 8.62. The molecule has 3 aliphatic heterocycles. The van der Waals surface area contributed by atoms with Crippen molar-refractivity contribution >= 4 is 27.4 Å². The molecular formula is C20H29N5O5S. The molecule has 0 saturated carbocycles. The Morgan fingerprint density at radius 1 is 1.13 bits per heavy atom. The number of rotatable bonds is 5. The normalized spacial score (nSPS) is 25.5. The number of carbonyl (C=O) groups excluding carboxylic acids is 1. The van der Waals surface area contributed by atoms with Gasteiger partial charge in [-0.05, 0) is 43.7 Å². The maximum Gasteiger partial charge on any atom is 0.317 e. The van der Waals surface area contributed by atoms with Crippen LogP contribution in [0.5, 0.6) is 0 Å². The summed E-state index contributed by atoms with van der Waals surface area (Å²) in [4.78, 5) is 27.0. The number of anilines is 1. The molecule has 0 radical (unpaired) electrons. The highest BCUT2D eigenvalue weighted by Gasteiger charge is 2.35. The van der Waals surface area contributed by atoms with E-state index in [9.17, 15) is 23.3 Å². The molecule has 31 heavy (non-hydrogen) atoms. The Balaban J connectivity index is 1.60. The molecule has 0 aromatic heterocycles. The molecule has 10 nitrogen and oxygen atoms in total. The van der Waals surface area contributed by atoms with Crippen molar-refractivity contribution in [2.24, 2.45) is 5.92 Å². The van der Waals surface area contributed by atoms with E-state index in [1.807, 2.05) is 11.8 Å². The SMILES string of the molecule is C[C@@H]1CCCN(S(=O)(=O)c2ccc(N3CCC[C@H](N4CCNC4=O)C3)c([N+](=O)[O-])c2)C1. The van der Waals surface area contributed by atoms with Crippen molar-refractivity contribution < 1.29 is 18.1 Å². The van der Waals surface area contributed by atoms with Crippen LogP contribution in [0.25, 0.3) is 0 Å². The van der Waals surface area contributed by atoms with Gasteiger partial charge in [-0.15, -0.1) is 0 Å². The highest BCUT2D eigenvalue weighted by atomic mass is 32.2. The van der Waals surface area contributed by atoms with Gasteiger partial charge in [-0.2, -0.15) is 4.31 Å². The van der Waals surface area contributed by atoms with E-state index in [-0.39, 0.29) is 28.6 Å². The second-order valence-electron chi connectivity index (χ2n) is 8.69. The molecule has 11 heteroatoms. The molecule has 4 rings (SSSR count). The predicted molar refractivity (Wildman–Crippen MR) is 116 cm³/mol. The minimum absolute atomic E-state index is 0.0194. The van der Waals surface area contributed by atoms with Crippen molar-refractivity contribution in [1.29, 1.82) is 0 Å². The Kier molecular flexibility index (Phi) is 6.07. The van der Waals surface area contributed by atoms with Gasteiger partial charge in [0.15, 0.2) is 0 Å². The Bertz CT molecular complexity index is 969. The summed E-state index contributed by atoms with van der Waals surface area (Å²) in [6.07, 6.45) is 3.42. The van der Waals surface area contributed by atoms with Crippen molar-refractivity contribution in [2.75, 3.05) is 44.2 Å². The molecule has 0 unspecified atom stereocenters. The van der Waals surface area contributed by atoms with Crippen LogP contribution in [0.2, 0.25) is 0 Å². The monoisotopic (exact) mass is 451 g/mol. The summed E-state index contributed by atoms with van der Waals surface area (Å²) in [6.45, 7) is 5.24. The van der Waals surface area contributed by atoms with Gasteiger partial charge < -0.3 is 15.1 Å². The number of hydrogen-bond acceptors (Lipinski definition) is 6. The maximum atomic E-state index is 13.1. The first-order valence-electron chi connectivity index (χ1n) is 10.9. The molecule has 1 aromatic carbocycles. The number of nitro benzene ring substituents is 1. The van der Waals surface area contributed by atoms with Crippen molar-refractivity contribution in [3.05, 3.63) is 28.3 Å². The minimum Gasteiger partial charge on any atom is -0.364 e. The largest absolute Gasteiger partial charge is 0.364 e. The van der Waals surface area contributed by atoms with Gasteiger partial charge in [0.2, 0.25) is 10.0 Å². The van der Waals surface area contributed by atoms with Gasteiger partial charge in [-0.1, -0.05) is 6.92 Å². The first-order valence-corrected chi connectivity index (χ1v) is 12.3. The highest BCUT2D eigenvalue weighted by molar-refractivity contribution is 7.89. The van der Waals surface area contributed by atoms with Crippen LogP contribution in [0.4, 0.5) is 16.2 Å². The van der Waals surface area contributed by atoms with Crippen molar-refractivity contribution in [2.45, 2.75) is 43.5 Å². The molecule has 2 amide bonds. The molecule has 3 aliphatic rings. The topological polar surface area (TPSA) is 116 Å². The molecule has 0 spiro atoms. The lowest BCUT2D eigenvalue weighted by atomic mass is 10.0. The highest BCUT2D eigenvalue weighted by Crippen LogP contribution is 2.35. The number of benzene rings is 1.